The molecular formula is C43H71N6O8P. The zero-order valence-corrected chi connectivity index (χ0v) is 36.4. The van der Waals surface area contributed by atoms with Gasteiger partial charge in [0.05, 0.1) is 56.5 Å². The van der Waals surface area contributed by atoms with Crippen LogP contribution in [0.1, 0.15) is 152 Å². The van der Waals surface area contributed by atoms with Gasteiger partial charge < -0.3 is 44.1 Å². The fourth-order valence-corrected chi connectivity index (χ4v) is 7.26. The number of nitrogens with two attached hydrogens (primary N) is 1. The van der Waals surface area contributed by atoms with E-state index in [2.05, 4.69) is 29.6 Å². The van der Waals surface area contributed by atoms with Gasteiger partial charge in [-0.3, -0.25) is 0 Å². The number of anilines is 1. The largest absolute Gasteiger partial charge is 0.495 e. The lowest BCUT2D eigenvalue weighted by Gasteiger charge is -2.22. The summed E-state index contributed by atoms with van der Waals surface area (Å²) in [5.41, 5.74) is 8.43. The van der Waals surface area contributed by atoms with Crippen LogP contribution in [0.4, 0.5) is 5.82 Å². The summed E-state index contributed by atoms with van der Waals surface area (Å²) >= 11 is 0. The first-order valence-corrected chi connectivity index (χ1v) is 22.0. The summed E-state index contributed by atoms with van der Waals surface area (Å²) in [6, 6.07) is 11.0. The summed E-state index contributed by atoms with van der Waals surface area (Å²) < 4.78 is 30.1. The zero-order valence-electron chi connectivity index (χ0n) is 35.5. The minimum absolute atomic E-state index is 0.0198. The van der Waals surface area contributed by atoms with E-state index >= 15 is 0 Å². The lowest BCUT2D eigenvalue weighted by Crippen LogP contribution is -2.22. The standard InChI is InChI=1S/C41H66N5O7P.CHN.CH4O/c1-4-5-6-7-8-9-10-11-12-13-14-15-16-17-18-19-20-21-35(51-29-33-22-23-34(28-42)40(26-33)50-3)30-52-54(48)53-31-36(49-2)27-39(47)37-24-25-38-41(43)44-32-45-46(37)38;2*1-2/h22-26,32,35-36,39,47-48H,4-21,27,29-31H2,1-3H3,(H2,43,44,45);1H;2H,1H3. The first-order chi connectivity index (χ1) is 28.4. The van der Waals surface area contributed by atoms with Gasteiger partial charge in [-0.2, -0.15) is 10.4 Å². The molecule has 0 saturated heterocycles. The fraction of sp³-hybridized carbons (Fsp3) is 0.674. The van der Waals surface area contributed by atoms with Crippen LogP contribution in [0.3, 0.4) is 0 Å². The Morgan fingerprint density at radius 2 is 1.38 bits per heavy atom. The topological polar surface area (TPSA) is 211 Å². The Labute approximate surface area is 348 Å². The summed E-state index contributed by atoms with van der Waals surface area (Å²) in [6.45, 7) is 6.27. The van der Waals surface area contributed by atoms with Crippen molar-refractivity contribution in [2.24, 2.45) is 0 Å². The summed E-state index contributed by atoms with van der Waals surface area (Å²) in [5, 5.41) is 37.9. The van der Waals surface area contributed by atoms with Crippen molar-refractivity contribution in [3.8, 4) is 18.4 Å². The molecule has 0 radical (unpaired) electrons. The molecule has 2 aromatic heterocycles. The van der Waals surface area contributed by atoms with Crippen LogP contribution in [0.2, 0.25) is 0 Å². The van der Waals surface area contributed by atoms with Gasteiger partial charge in [0.2, 0.25) is 0 Å². The third-order valence-electron chi connectivity index (χ3n) is 9.92. The number of aromatic nitrogens is 3. The summed E-state index contributed by atoms with van der Waals surface area (Å²) in [7, 11) is 1.86. The molecule has 4 unspecified atom stereocenters. The maximum absolute atomic E-state index is 10.9. The molecule has 58 heavy (non-hydrogen) atoms. The second-order valence-electron chi connectivity index (χ2n) is 14.2. The van der Waals surface area contributed by atoms with Crippen LogP contribution in [-0.4, -0.2) is 76.5 Å². The molecule has 1 aromatic carbocycles. The minimum Gasteiger partial charge on any atom is -0.495 e. The van der Waals surface area contributed by atoms with E-state index in [1.54, 1.807) is 29.8 Å². The van der Waals surface area contributed by atoms with Crippen LogP contribution < -0.4 is 10.5 Å². The number of aliphatic hydroxyl groups is 2. The Kier molecular flexibility index (Phi) is 31.2. The van der Waals surface area contributed by atoms with E-state index in [0.717, 1.165) is 31.9 Å². The Morgan fingerprint density at radius 3 is 1.91 bits per heavy atom. The predicted octanol–water partition coefficient (Wildman–Crippen LogP) is 9.26. The second kappa shape index (κ2) is 34.4. The van der Waals surface area contributed by atoms with Crippen LogP contribution in [-0.2, 0) is 25.1 Å². The summed E-state index contributed by atoms with van der Waals surface area (Å²) in [4.78, 5) is 14.6. The van der Waals surface area contributed by atoms with E-state index in [4.69, 9.17) is 39.4 Å². The maximum Gasteiger partial charge on any atom is 0.330 e. The number of methoxy groups -OCH3 is 2. The molecule has 0 amide bonds. The van der Waals surface area contributed by atoms with Crippen molar-refractivity contribution in [1.82, 2.24) is 14.6 Å². The van der Waals surface area contributed by atoms with Crippen molar-refractivity contribution < 1.29 is 38.4 Å². The molecule has 0 aliphatic rings. The number of unbranched alkanes of at least 4 members (excludes halogenated alkanes) is 16. The van der Waals surface area contributed by atoms with E-state index in [-0.39, 0.29) is 25.7 Å². The monoisotopic (exact) mass is 831 g/mol. The lowest BCUT2D eigenvalue weighted by atomic mass is 10.0. The number of nitrogen functional groups attached to an aromatic ring is 1. The van der Waals surface area contributed by atoms with E-state index in [0.29, 0.717) is 34.9 Å². The van der Waals surface area contributed by atoms with Gasteiger partial charge >= 0.3 is 8.60 Å². The van der Waals surface area contributed by atoms with E-state index in [9.17, 15) is 15.3 Å². The highest BCUT2D eigenvalue weighted by Gasteiger charge is 2.22. The van der Waals surface area contributed by atoms with Crippen LogP contribution in [0, 0.1) is 23.2 Å². The van der Waals surface area contributed by atoms with E-state index in [1.807, 2.05) is 12.1 Å². The van der Waals surface area contributed by atoms with Crippen LogP contribution >= 0.6 is 8.60 Å². The molecular weight excluding hydrogens is 759 g/mol. The number of rotatable bonds is 32. The summed E-state index contributed by atoms with van der Waals surface area (Å²) in [5.74, 6) is 0.828. The molecule has 3 aromatic rings. The number of nitriles is 2. The number of aliphatic hydroxyl groups excluding tert-OH is 2. The highest BCUT2D eigenvalue weighted by molar-refractivity contribution is 7.40. The first kappa shape index (κ1) is 52.6. The number of fused-ring (bicyclic) bond motifs is 1. The average Bonchev–Trinajstić information content (AvgIpc) is 3.71. The van der Waals surface area contributed by atoms with Gasteiger partial charge in [0.1, 0.15) is 23.7 Å². The quantitative estimate of drug-likeness (QED) is 0.0342. The van der Waals surface area contributed by atoms with Gasteiger partial charge in [-0.1, -0.05) is 122 Å². The second-order valence-corrected chi connectivity index (χ2v) is 15.2. The minimum atomic E-state index is -2.21. The van der Waals surface area contributed by atoms with Crippen LogP contribution in [0.5, 0.6) is 5.75 Å². The van der Waals surface area contributed by atoms with Crippen molar-refractivity contribution in [3.63, 3.8) is 0 Å². The number of ether oxygens (including phenoxy) is 3. The highest BCUT2D eigenvalue weighted by atomic mass is 31.2. The van der Waals surface area contributed by atoms with Gasteiger partial charge in [-0.05, 0) is 36.2 Å². The van der Waals surface area contributed by atoms with Gasteiger partial charge in [-0.15, -0.1) is 0 Å². The molecule has 0 fully saturated rings. The SMILES string of the molecule is C#N.CCCCCCCCCCCCCCCCCCCC(COP(O)OCC(CC(O)c1ccc2c(N)ncnn12)OC)OCc1ccc(C#N)c(OC)c1.CO. The molecule has 4 atom stereocenters. The third-order valence-corrected chi connectivity index (χ3v) is 10.7. The molecule has 3 rings (SSSR count). The Balaban J connectivity index is 0.00000407. The molecule has 2 heterocycles. The predicted molar refractivity (Wildman–Crippen MR) is 229 cm³/mol. The normalized spacial score (nSPS) is 13.0. The van der Waals surface area contributed by atoms with E-state index in [1.165, 1.54) is 110 Å². The van der Waals surface area contributed by atoms with Crippen LogP contribution in [0.15, 0.2) is 36.7 Å². The molecule has 0 spiro atoms. The molecule has 0 bridgehead atoms. The molecule has 14 nitrogen and oxygen atoms in total. The van der Waals surface area contributed by atoms with Gasteiger partial charge in [0.25, 0.3) is 0 Å². The molecule has 0 aliphatic carbocycles. The Bertz CT molecular complexity index is 1520. The molecule has 326 valence electrons. The van der Waals surface area contributed by atoms with Gasteiger partial charge in [-0.25, -0.2) is 14.8 Å². The average molecular weight is 831 g/mol. The molecule has 0 aliphatic heterocycles. The third kappa shape index (κ3) is 21.5. The number of nitrogens with zero attached hydrogens (tertiary/aromatic N) is 5. The summed E-state index contributed by atoms with van der Waals surface area (Å²) in [6.07, 6.45) is 23.0. The smallest absolute Gasteiger partial charge is 0.330 e. The van der Waals surface area contributed by atoms with Crippen molar-refractivity contribution in [2.75, 3.05) is 40.3 Å². The van der Waals surface area contributed by atoms with E-state index < -0.39 is 20.8 Å². The fourth-order valence-electron chi connectivity index (χ4n) is 6.60. The van der Waals surface area contributed by atoms with Crippen molar-refractivity contribution >= 4 is 19.9 Å². The highest BCUT2D eigenvalue weighted by Crippen LogP contribution is 2.35. The Morgan fingerprint density at radius 1 is 0.828 bits per heavy atom. The first-order valence-electron chi connectivity index (χ1n) is 20.8. The molecule has 0 saturated carbocycles. The van der Waals surface area contributed by atoms with Gasteiger partial charge in [0.15, 0.2) is 5.82 Å². The van der Waals surface area contributed by atoms with Crippen molar-refractivity contribution in [2.45, 2.75) is 154 Å². The van der Waals surface area contributed by atoms with Crippen LogP contribution in [0.25, 0.3) is 5.52 Å². The van der Waals surface area contributed by atoms with Crippen molar-refractivity contribution in [1.29, 1.82) is 10.5 Å². The van der Waals surface area contributed by atoms with Gasteiger partial charge in [0, 0.05) is 27.2 Å². The zero-order chi connectivity index (χ0) is 42.8. The lowest BCUT2D eigenvalue weighted by molar-refractivity contribution is -0.0102. The maximum atomic E-state index is 10.9. The molecule has 5 N–H and O–H groups in total. The number of benzene rings is 1. The Hall–Kier alpha value is -3.43. The number of hydrogen-bond acceptors (Lipinski definition) is 13. The van der Waals surface area contributed by atoms with Crippen molar-refractivity contribution in [3.05, 3.63) is 53.5 Å². The molecule has 15 heteroatoms. The number of hydrogen-bond donors (Lipinski definition) is 4.